The van der Waals surface area contributed by atoms with Gasteiger partial charge in [-0.1, -0.05) is 48.0 Å². The molecule has 0 saturated carbocycles. The van der Waals surface area contributed by atoms with E-state index >= 15 is 0 Å². The van der Waals surface area contributed by atoms with Gasteiger partial charge in [-0.3, -0.25) is 4.79 Å². The Bertz CT molecular complexity index is 1210. The van der Waals surface area contributed by atoms with E-state index in [-0.39, 0.29) is 12.4 Å². The van der Waals surface area contributed by atoms with Gasteiger partial charge < -0.3 is 19.2 Å². The summed E-state index contributed by atoms with van der Waals surface area (Å²) >= 11 is 5.77. The largest absolute Gasteiger partial charge is 0.489 e. The lowest BCUT2D eigenvalue weighted by atomic mass is 10.1. The first-order valence-corrected chi connectivity index (χ1v) is 9.75. The lowest BCUT2D eigenvalue weighted by Crippen LogP contribution is -2.21. The molecule has 2 aromatic carbocycles. The number of carbonyl (C=O) groups excluding carboxylic acids is 2. The molecular weight excluding hydrogens is 420 g/mol. The first-order chi connectivity index (χ1) is 15.1. The van der Waals surface area contributed by atoms with E-state index < -0.39 is 18.5 Å². The van der Waals surface area contributed by atoms with Crippen molar-refractivity contribution in [2.45, 2.75) is 6.61 Å². The number of halogens is 1. The van der Waals surface area contributed by atoms with E-state index in [1.807, 2.05) is 42.5 Å². The van der Waals surface area contributed by atoms with Gasteiger partial charge in [0, 0.05) is 11.6 Å². The zero-order valence-corrected chi connectivity index (χ0v) is 17.0. The molecule has 0 aliphatic heterocycles. The topological polar surface area (TPSA) is 90.7 Å². The number of benzene rings is 2. The molecule has 1 N–H and O–H groups in total. The molecule has 4 aromatic rings. The molecule has 7 nitrogen and oxygen atoms in total. The van der Waals surface area contributed by atoms with E-state index in [1.165, 1.54) is 6.20 Å². The molecule has 0 radical (unpaired) electrons. The fourth-order valence-electron chi connectivity index (χ4n) is 2.90. The first kappa shape index (κ1) is 20.4. The van der Waals surface area contributed by atoms with Gasteiger partial charge in [0.1, 0.15) is 23.8 Å². The van der Waals surface area contributed by atoms with Crippen molar-refractivity contribution in [3.63, 3.8) is 0 Å². The van der Waals surface area contributed by atoms with Gasteiger partial charge in [0.05, 0.1) is 10.6 Å². The van der Waals surface area contributed by atoms with Crippen molar-refractivity contribution < 1.29 is 23.5 Å². The minimum atomic E-state index is -0.762. The molecule has 31 heavy (non-hydrogen) atoms. The predicted molar refractivity (Wildman–Crippen MR) is 115 cm³/mol. The van der Waals surface area contributed by atoms with E-state index in [1.54, 1.807) is 24.3 Å². The SMILES string of the molecule is O=C(COC(=O)c1oc2ccccc2c1COc1ccccc1)Nc1ccc(Cl)cn1. The van der Waals surface area contributed by atoms with E-state index in [9.17, 15) is 9.59 Å². The van der Waals surface area contributed by atoms with Crippen LogP contribution >= 0.6 is 11.6 Å². The molecule has 0 saturated heterocycles. The van der Waals surface area contributed by atoms with Crippen molar-refractivity contribution in [1.82, 2.24) is 4.98 Å². The lowest BCUT2D eigenvalue weighted by Gasteiger charge is -2.08. The zero-order valence-electron chi connectivity index (χ0n) is 16.2. The molecule has 8 heteroatoms. The highest BCUT2D eigenvalue weighted by atomic mass is 35.5. The molecular formula is C23H17ClN2O5. The van der Waals surface area contributed by atoms with Crippen LogP contribution in [0.1, 0.15) is 16.1 Å². The molecule has 0 fully saturated rings. The first-order valence-electron chi connectivity index (χ1n) is 9.37. The number of pyridine rings is 1. The molecule has 0 atom stereocenters. The van der Waals surface area contributed by atoms with Crippen LogP contribution in [-0.4, -0.2) is 23.5 Å². The third kappa shape index (κ3) is 5.02. The van der Waals surface area contributed by atoms with Crippen LogP contribution < -0.4 is 10.1 Å². The second kappa shape index (κ2) is 9.32. The van der Waals surface area contributed by atoms with Gasteiger partial charge >= 0.3 is 5.97 Å². The van der Waals surface area contributed by atoms with Gasteiger partial charge in [-0.25, -0.2) is 9.78 Å². The van der Waals surface area contributed by atoms with Crippen molar-refractivity contribution in [3.8, 4) is 5.75 Å². The predicted octanol–water partition coefficient (Wildman–Crippen LogP) is 4.86. The van der Waals surface area contributed by atoms with Gasteiger partial charge in [0.25, 0.3) is 5.91 Å². The number of rotatable bonds is 7. The number of nitrogens with zero attached hydrogens (tertiary/aromatic N) is 1. The van der Waals surface area contributed by atoms with Crippen LogP contribution in [0.25, 0.3) is 11.0 Å². The lowest BCUT2D eigenvalue weighted by molar-refractivity contribution is -0.119. The van der Waals surface area contributed by atoms with Crippen molar-refractivity contribution >= 4 is 40.3 Å². The molecule has 0 unspecified atom stereocenters. The van der Waals surface area contributed by atoms with E-state index in [0.29, 0.717) is 27.7 Å². The van der Waals surface area contributed by atoms with E-state index in [2.05, 4.69) is 10.3 Å². The van der Waals surface area contributed by atoms with Crippen molar-refractivity contribution in [2.75, 3.05) is 11.9 Å². The van der Waals surface area contributed by atoms with Crippen LogP contribution in [0, 0.1) is 0 Å². The Morgan fingerprint density at radius 3 is 2.55 bits per heavy atom. The number of amides is 1. The molecule has 156 valence electrons. The maximum Gasteiger partial charge on any atom is 0.375 e. The summed E-state index contributed by atoms with van der Waals surface area (Å²) in [6.45, 7) is -0.397. The van der Waals surface area contributed by atoms with E-state index in [0.717, 1.165) is 5.39 Å². The molecule has 1 amide bonds. The Hall–Kier alpha value is -3.84. The minimum absolute atomic E-state index is 0.00505. The highest BCUT2D eigenvalue weighted by molar-refractivity contribution is 6.30. The number of anilines is 1. The summed E-state index contributed by atoms with van der Waals surface area (Å²) in [6.07, 6.45) is 1.40. The third-order valence-corrected chi connectivity index (χ3v) is 4.56. The number of furan rings is 1. The maximum absolute atomic E-state index is 12.7. The fraction of sp³-hybridized carbons (Fsp3) is 0.0870. The van der Waals surface area contributed by atoms with Crippen LogP contribution in [0.2, 0.25) is 5.02 Å². The molecule has 0 aliphatic carbocycles. The maximum atomic E-state index is 12.7. The Balaban J connectivity index is 1.46. The number of aromatic nitrogens is 1. The summed E-state index contributed by atoms with van der Waals surface area (Å²) in [5.41, 5.74) is 1.07. The molecule has 0 spiro atoms. The Morgan fingerprint density at radius 2 is 1.77 bits per heavy atom. The second-order valence-corrected chi connectivity index (χ2v) is 6.93. The van der Waals surface area contributed by atoms with Crippen LogP contribution in [0.4, 0.5) is 5.82 Å². The smallest absolute Gasteiger partial charge is 0.375 e. The van der Waals surface area contributed by atoms with Crippen LogP contribution in [-0.2, 0) is 16.1 Å². The molecule has 4 rings (SSSR count). The van der Waals surface area contributed by atoms with E-state index in [4.69, 9.17) is 25.5 Å². The summed E-state index contributed by atoms with van der Waals surface area (Å²) < 4.78 is 16.7. The van der Waals surface area contributed by atoms with Crippen LogP contribution in [0.3, 0.4) is 0 Å². The third-order valence-electron chi connectivity index (χ3n) is 4.34. The summed E-state index contributed by atoms with van der Waals surface area (Å²) in [7, 11) is 0. The van der Waals surface area contributed by atoms with Crippen LogP contribution in [0.5, 0.6) is 5.75 Å². The monoisotopic (exact) mass is 436 g/mol. The number of hydrogen-bond acceptors (Lipinski definition) is 6. The number of esters is 1. The quantitative estimate of drug-likeness (QED) is 0.416. The van der Waals surface area contributed by atoms with Gasteiger partial charge in [-0.15, -0.1) is 0 Å². The number of ether oxygens (including phenoxy) is 2. The summed E-state index contributed by atoms with van der Waals surface area (Å²) in [5, 5.41) is 3.70. The van der Waals surface area contributed by atoms with Crippen molar-refractivity contribution in [1.29, 1.82) is 0 Å². The summed E-state index contributed by atoms with van der Waals surface area (Å²) in [5.74, 6) is -0.355. The van der Waals surface area contributed by atoms with Crippen molar-refractivity contribution in [3.05, 3.63) is 89.3 Å². The van der Waals surface area contributed by atoms with Gasteiger partial charge in [0.2, 0.25) is 5.76 Å². The number of nitrogens with one attached hydrogen (secondary N) is 1. The Labute approximate surface area is 182 Å². The molecule has 0 bridgehead atoms. The Morgan fingerprint density at radius 1 is 1.00 bits per heavy atom. The fourth-order valence-corrected chi connectivity index (χ4v) is 3.02. The standard InChI is InChI=1S/C23H17ClN2O5/c24-15-10-11-20(25-12-15)26-21(27)14-30-23(28)22-18(13-29-16-6-2-1-3-7-16)17-8-4-5-9-19(17)31-22/h1-12H,13-14H2,(H,25,26,27). The minimum Gasteiger partial charge on any atom is -0.489 e. The molecule has 2 heterocycles. The number of para-hydroxylation sites is 2. The summed E-state index contributed by atoms with van der Waals surface area (Å²) in [4.78, 5) is 28.7. The zero-order chi connectivity index (χ0) is 21.6. The normalized spacial score (nSPS) is 10.6. The number of carbonyl (C=O) groups is 2. The molecule has 2 aromatic heterocycles. The summed E-state index contributed by atoms with van der Waals surface area (Å²) in [6, 6.07) is 19.6. The molecule has 0 aliphatic rings. The average Bonchev–Trinajstić information content (AvgIpc) is 3.17. The Kier molecular flexibility index (Phi) is 6.14. The average molecular weight is 437 g/mol. The number of hydrogen-bond donors (Lipinski definition) is 1. The van der Waals surface area contributed by atoms with Gasteiger partial charge in [0.15, 0.2) is 6.61 Å². The highest BCUT2D eigenvalue weighted by Gasteiger charge is 2.23. The van der Waals surface area contributed by atoms with Gasteiger partial charge in [-0.2, -0.15) is 0 Å². The van der Waals surface area contributed by atoms with Gasteiger partial charge in [-0.05, 0) is 30.3 Å². The second-order valence-electron chi connectivity index (χ2n) is 6.49. The van der Waals surface area contributed by atoms with Crippen LogP contribution in [0.15, 0.2) is 77.3 Å². The number of fused-ring (bicyclic) bond motifs is 1. The highest BCUT2D eigenvalue weighted by Crippen LogP contribution is 2.28. The van der Waals surface area contributed by atoms with Crippen molar-refractivity contribution in [2.24, 2.45) is 0 Å².